The zero-order chi connectivity index (χ0) is 58.1. The lowest BCUT2D eigenvalue weighted by molar-refractivity contribution is 1.07. The van der Waals surface area contributed by atoms with Gasteiger partial charge in [-0.25, -0.2) is 15.0 Å². The van der Waals surface area contributed by atoms with Crippen molar-refractivity contribution in [1.29, 1.82) is 0 Å². The second-order valence-corrected chi connectivity index (χ2v) is 22.7. The molecule has 2 aliphatic heterocycles. The van der Waals surface area contributed by atoms with Crippen molar-refractivity contribution in [2.24, 2.45) is 0 Å². The number of anilines is 6. The molecule has 7 heteroatoms. The van der Waals surface area contributed by atoms with E-state index in [4.69, 9.17) is 15.0 Å². The maximum atomic E-state index is 5.23. The van der Waals surface area contributed by atoms with Gasteiger partial charge in [0.25, 0.3) is 6.71 Å². The van der Waals surface area contributed by atoms with E-state index in [2.05, 4.69) is 299 Å². The lowest BCUT2D eigenvalue weighted by atomic mass is 9.33. The van der Waals surface area contributed by atoms with Gasteiger partial charge in [0.15, 0.2) is 17.5 Å². The number of hydrogen-bond acceptors (Lipinski definition) is 5. The van der Waals surface area contributed by atoms with Crippen molar-refractivity contribution < 1.29 is 0 Å². The molecule has 0 saturated carbocycles. The van der Waals surface area contributed by atoms with Crippen LogP contribution in [0.15, 0.2) is 322 Å². The van der Waals surface area contributed by atoms with Gasteiger partial charge < -0.3 is 14.4 Å². The van der Waals surface area contributed by atoms with E-state index in [0.717, 1.165) is 67.0 Å². The highest BCUT2D eigenvalue weighted by molar-refractivity contribution is 7.00. The fourth-order valence-corrected chi connectivity index (χ4v) is 13.6. The zero-order valence-corrected chi connectivity index (χ0v) is 47.9. The Balaban J connectivity index is 0.801. The summed E-state index contributed by atoms with van der Waals surface area (Å²) in [7, 11) is 0. The molecule has 2 aromatic heterocycles. The second-order valence-electron chi connectivity index (χ2n) is 22.7. The van der Waals surface area contributed by atoms with Gasteiger partial charge in [-0.2, -0.15) is 0 Å². The Kier molecular flexibility index (Phi) is 12.2. The molecule has 0 N–H and O–H groups in total. The van der Waals surface area contributed by atoms with Crippen molar-refractivity contribution in [3.8, 4) is 84.4 Å². The average molecular weight is 1120 g/mol. The van der Waals surface area contributed by atoms with E-state index < -0.39 is 0 Å². The fraction of sp³-hybridized carbons (Fsp3) is 0. The van der Waals surface area contributed by atoms with Gasteiger partial charge >= 0.3 is 0 Å². The highest BCUT2D eigenvalue weighted by Crippen LogP contribution is 2.46. The summed E-state index contributed by atoms with van der Waals surface area (Å²) in [6.07, 6.45) is 0. The lowest BCUT2D eigenvalue weighted by Crippen LogP contribution is -2.61. The van der Waals surface area contributed by atoms with Gasteiger partial charge in [-0.3, -0.25) is 0 Å². The van der Waals surface area contributed by atoms with Crippen molar-refractivity contribution in [2.45, 2.75) is 0 Å². The number of fused-ring (bicyclic) bond motifs is 7. The number of hydrogen-bond donors (Lipinski definition) is 0. The predicted molar refractivity (Wildman–Crippen MR) is 366 cm³/mol. The third-order valence-electron chi connectivity index (χ3n) is 17.7. The molecule has 0 atom stereocenters. The number of rotatable bonds is 10. The normalized spacial score (nSPS) is 12.2. The van der Waals surface area contributed by atoms with Crippen LogP contribution >= 0.6 is 0 Å². The van der Waals surface area contributed by atoms with Crippen LogP contribution in [0.2, 0.25) is 0 Å². The van der Waals surface area contributed by atoms with Crippen molar-refractivity contribution in [2.75, 3.05) is 9.80 Å². The Hall–Kier alpha value is -11.7. The predicted octanol–water partition coefficient (Wildman–Crippen LogP) is 18.7. The minimum atomic E-state index is 0.0829. The van der Waals surface area contributed by atoms with E-state index in [1.807, 2.05) is 36.4 Å². The number of nitrogens with zero attached hydrogens (tertiary/aromatic N) is 6. The Labute approximate surface area is 511 Å². The third kappa shape index (κ3) is 8.62. The van der Waals surface area contributed by atoms with Gasteiger partial charge in [0.1, 0.15) is 0 Å². The minimum absolute atomic E-state index is 0.0829. The van der Waals surface area contributed by atoms with Crippen LogP contribution in [0.5, 0.6) is 0 Å². The first-order valence-corrected chi connectivity index (χ1v) is 30.0. The first-order chi connectivity index (χ1) is 43.6. The van der Waals surface area contributed by atoms with Crippen LogP contribution in [-0.4, -0.2) is 26.2 Å². The summed E-state index contributed by atoms with van der Waals surface area (Å²) in [6.45, 7) is 0.0829. The largest absolute Gasteiger partial charge is 0.311 e. The van der Waals surface area contributed by atoms with Crippen LogP contribution in [0.1, 0.15) is 0 Å². The van der Waals surface area contributed by atoms with E-state index in [1.165, 1.54) is 72.2 Å². The molecule has 2 aliphatic rings. The van der Waals surface area contributed by atoms with Crippen LogP contribution in [0.3, 0.4) is 0 Å². The molecule has 13 aromatic carbocycles. The van der Waals surface area contributed by atoms with Crippen LogP contribution < -0.4 is 26.2 Å². The standard InChI is InChI=1S/C81H53BN6/c1-6-21-54(22-7-1)61-43-48-72-67(51-61)68-52-62(55-23-8-2-9-24-55)44-49-73(68)88(72)71-50-45-63(81-84-79(59-25-10-3-11-26-59)83-80(85-81)60-27-12-4-13-28-60)53-66(71)58-39-37-56(38-40-58)57-41-46-65(47-42-57)87-75-34-19-17-32-70(75)82-69-31-16-18-33-74(69)86(64-29-14-5-15-30-64)76-35-20-36-77(87)78(76)82/h1-53H. The Bertz CT molecular complexity index is 4980. The molecular formula is C81H53BN6. The van der Waals surface area contributed by atoms with Gasteiger partial charge in [0.2, 0.25) is 0 Å². The van der Waals surface area contributed by atoms with Crippen molar-refractivity contribution in [1.82, 2.24) is 19.5 Å². The summed E-state index contributed by atoms with van der Waals surface area (Å²) in [5.41, 5.74) is 26.0. The molecule has 17 rings (SSSR count). The Morgan fingerprint density at radius 2 is 0.602 bits per heavy atom. The smallest absolute Gasteiger partial charge is 0.252 e. The molecule has 88 heavy (non-hydrogen) atoms. The summed E-state index contributed by atoms with van der Waals surface area (Å²) >= 11 is 0. The van der Waals surface area contributed by atoms with Gasteiger partial charge in [-0.15, -0.1) is 0 Å². The fourth-order valence-electron chi connectivity index (χ4n) is 13.6. The van der Waals surface area contributed by atoms with Gasteiger partial charge in [-0.05, 0) is 146 Å². The topological polar surface area (TPSA) is 50.1 Å². The van der Waals surface area contributed by atoms with E-state index in [0.29, 0.717) is 17.5 Å². The van der Waals surface area contributed by atoms with Crippen molar-refractivity contribution in [3.05, 3.63) is 322 Å². The SMILES string of the molecule is c1ccc(-c2ccc3c(c2)c2cc(-c4ccccc4)ccc2n3-c2ccc(-c3nc(-c4ccccc4)nc(-c4ccccc4)n3)cc2-c2ccc(-c3ccc(N4c5ccccc5B5c6ccccc6N(c6ccccc6)c6cccc4c65)cc3)cc2)cc1. The molecule has 0 saturated heterocycles. The van der Waals surface area contributed by atoms with Gasteiger partial charge in [0.05, 0.1) is 16.7 Å². The van der Waals surface area contributed by atoms with Crippen LogP contribution in [-0.2, 0) is 0 Å². The quantitative estimate of drug-likeness (QED) is 0.128. The Morgan fingerprint density at radius 3 is 1.10 bits per heavy atom. The monoisotopic (exact) mass is 1120 g/mol. The molecule has 0 spiro atoms. The van der Waals surface area contributed by atoms with Crippen molar-refractivity contribution >= 4 is 79.0 Å². The molecule has 410 valence electrons. The van der Waals surface area contributed by atoms with Crippen LogP contribution in [0, 0.1) is 0 Å². The Morgan fingerprint density at radius 1 is 0.239 bits per heavy atom. The summed E-state index contributed by atoms with van der Waals surface area (Å²) in [5, 5.41) is 2.36. The highest BCUT2D eigenvalue weighted by atomic mass is 15.2. The minimum Gasteiger partial charge on any atom is -0.311 e. The molecule has 15 aromatic rings. The maximum absolute atomic E-state index is 5.23. The lowest BCUT2D eigenvalue weighted by Gasteiger charge is -2.44. The summed E-state index contributed by atoms with van der Waals surface area (Å²) in [6, 6.07) is 116. The third-order valence-corrected chi connectivity index (χ3v) is 17.7. The summed E-state index contributed by atoms with van der Waals surface area (Å²) < 4.78 is 2.45. The first-order valence-electron chi connectivity index (χ1n) is 30.0. The second kappa shape index (κ2) is 21.1. The van der Waals surface area contributed by atoms with E-state index in [1.54, 1.807) is 0 Å². The van der Waals surface area contributed by atoms with E-state index in [-0.39, 0.29) is 6.71 Å². The van der Waals surface area contributed by atoms with Gasteiger partial charge in [-0.1, -0.05) is 231 Å². The molecule has 0 fully saturated rings. The number of benzene rings is 13. The molecule has 0 radical (unpaired) electrons. The molecule has 4 heterocycles. The van der Waals surface area contributed by atoms with Gasteiger partial charge in [0, 0.05) is 67.2 Å². The first kappa shape index (κ1) is 50.8. The molecule has 0 unspecified atom stereocenters. The van der Waals surface area contributed by atoms with Crippen molar-refractivity contribution in [3.63, 3.8) is 0 Å². The maximum Gasteiger partial charge on any atom is 0.252 e. The molecule has 0 amide bonds. The van der Waals surface area contributed by atoms with Crippen LogP contribution in [0.25, 0.3) is 106 Å². The molecule has 6 nitrogen and oxygen atoms in total. The van der Waals surface area contributed by atoms with E-state index in [9.17, 15) is 0 Å². The number of para-hydroxylation sites is 3. The average Bonchev–Trinajstić information content (AvgIpc) is 1.05. The van der Waals surface area contributed by atoms with E-state index >= 15 is 0 Å². The summed E-state index contributed by atoms with van der Waals surface area (Å²) in [5.74, 6) is 1.84. The molecule has 0 aliphatic carbocycles. The van der Waals surface area contributed by atoms with Crippen LogP contribution in [0.4, 0.5) is 34.1 Å². The number of aromatic nitrogens is 4. The highest BCUT2D eigenvalue weighted by Gasteiger charge is 2.42. The summed E-state index contributed by atoms with van der Waals surface area (Å²) in [4.78, 5) is 20.4. The zero-order valence-electron chi connectivity index (χ0n) is 47.9. The molecule has 0 bridgehead atoms. The molecular weight excluding hydrogens is 1070 g/mol.